The molecule has 1 aliphatic heterocycles. The summed E-state index contributed by atoms with van der Waals surface area (Å²) in [6.07, 6.45) is 5.37. The normalized spacial score (nSPS) is 22.5. The van der Waals surface area contributed by atoms with Crippen molar-refractivity contribution < 1.29 is 4.74 Å². The third-order valence-electron chi connectivity index (χ3n) is 4.71. The predicted molar refractivity (Wildman–Crippen MR) is 86.8 cm³/mol. The zero-order valence-electron chi connectivity index (χ0n) is 12.6. The number of ether oxygens (including phenoxy) is 1. The van der Waals surface area contributed by atoms with Gasteiger partial charge < -0.3 is 10.1 Å². The number of benzene rings is 1. The molecule has 1 saturated carbocycles. The Balaban J connectivity index is 1.71. The fourth-order valence-electron chi connectivity index (χ4n) is 3.48. The maximum absolute atomic E-state index is 6.45. The van der Waals surface area contributed by atoms with E-state index in [2.05, 4.69) is 22.3 Å². The lowest BCUT2D eigenvalue weighted by atomic mass is 10.0. The van der Waals surface area contributed by atoms with Crippen LogP contribution in [0.25, 0.3) is 0 Å². The summed E-state index contributed by atoms with van der Waals surface area (Å²) in [4.78, 5) is 2.51. The minimum absolute atomic E-state index is 0.350. The molecule has 0 amide bonds. The van der Waals surface area contributed by atoms with Gasteiger partial charge in [-0.2, -0.15) is 0 Å². The van der Waals surface area contributed by atoms with Crippen molar-refractivity contribution in [2.45, 2.75) is 37.8 Å². The highest BCUT2D eigenvalue weighted by molar-refractivity contribution is 6.31. The molecule has 1 aliphatic carbocycles. The molecule has 0 bridgehead atoms. The standard InChI is InChI=1S/C17H25ClN2O/c18-16-8-4-3-7-15(16)17(20-9-11-21-12-10-20)13-19-14-5-1-2-6-14/h3-4,7-8,14,17,19H,1-2,5-6,9-13H2. The number of halogens is 1. The number of hydrogen-bond acceptors (Lipinski definition) is 3. The van der Waals surface area contributed by atoms with Crippen LogP contribution in [0.2, 0.25) is 5.02 Å². The lowest BCUT2D eigenvalue weighted by molar-refractivity contribution is 0.0157. The Morgan fingerprint density at radius 1 is 1.19 bits per heavy atom. The number of nitrogens with one attached hydrogen (secondary N) is 1. The van der Waals surface area contributed by atoms with Gasteiger partial charge in [0.2, 0.25) is 0 Å². The second-order valence-corrected chi connectivity index (χ2v) is 6.48. The Morgan fingerprint density at radius 3 is 2.62 bits per heavy atom. The summed E-state index contributed by atoms with van der Waals surface area (Å²) in [6.45, 7) is 4.60. The zero-order valence-corrected chi connectivity index (χ0v) is 13.3. The smallest absolute Gasteiger partial charge is 0.0594 e. The zero-order chi connectivity index (χ0) is 14.5. The number of hydrogen-bond donors (Lipinski definition) is 1. The van der Waals surface area contributed by atoms with Gasteiger partial charge in [-0.25, -0.2) is 0 Å². The van der Waals surface area contributed by atoms with Gasteiger partial charge in [0.25, 0.3) is 0 Å². The van der Waals surface area contributed by atoms with E-state index < -0.39 is 0 Å². The topological polar surface area (TPSA) is 24.5 Å². The van der Waals surface area contributed by atoms with Crippen LogP contribution in [0, 0.1) is 0 Å². The van der Waals surface area contributed by atoms with Crippen molar-refractivity contribution in [3.8, 4) is 0 Å². The van der Waals surface area contributed by atoms with Gasteiger partial charge in [0.15, 0.2) is 0 Å². The third kappa shape index (κ3) is 3.98. The van der Waals surface area contributed by atoms with E-state index in [1.165, 1.54) is 31.2 Å². The summed E-state index contributed by atoms with van der Waals surface area (Å²) in [5, 5.41) is 4.64. The largest absolute Gasteiger partial charge is 0.379 e. The van der Waals surface area contributed by atoms with E-state index in [0.29, 0.717) is 12.1 Å². The number of rotatable bonds is 5. The van der Waals surface area contributed by atoms with Crippen molar-refractivity contribution in [3.05, 3.63) is 34.9 Å². The molecule has 1 unspecified atom stereocenters. The van der Waals surface area contributed by atoms with Gasteiger partial charge >= 0.3 is 0 Å². The molecule has 2 aliphatic rings. The second-order valence-electron chi connectivity index (χ2n) is 6.08. The van der Waals surface area contributed by atoms with E-state index in [-0.39, 0.29) is 0 Å². The highest BCUT2D eigenvalue weighted by Crippen LogP contribution is 2.28. The van der Waals surface area contributed by atoms with E-state index in [4.69, 9.17) is 16.3 Å². The SMILES string of the molecule is Clc1ccccc1C(CNC1CCCC1)N1CCOCC1. The first-order chi connectivity index (χ1) is 10.3. The van der Waals surface area contributed by atoms with Gasteiger partial charge in [0.05, 0.1) is 13.2 Å². The Morgan fingerprint density at radius 2 is 1.90 bits per heavy atom. The molecular formula is C17H25ClN2O. The molecule has 3 rings (SSSR count). The van der Waals surface area contributed by atoms with Crippen LogP contribution in [-0.4, -0.2) is 43.8 Å². The predicted octanol–water partition coefficient (Wildman–Crippen LogP) is 3.25. The number of nitrogens with zero attached hydrogens (tertiary/aromatic N) is 1. The molecule has 116 valence electrons. The summed E-state index contributed by atoms with van der Waals surface area (Å²) >= 11 is 6.45. The highest BCUT2D eigenvalue weighted by Gasteiger charge is 2.25. The van der Waals surface area contributed by atoms with Gasteiger partial charge in [-0.3, -0.25) is 4.90 Å². The Bertz CT molecular complexity index is 442. The Labute approximate surface area is 132 Å². The van der Waals surface area contributed by atoms with Crippen molar-refractivity contribution in [2.24, 2.45) is 0 Å². The van der Waals surface area contributed by atoms with Gasteiger partial charge in [0, 0.05) is 36.7 Å². The van der Waals surface area contributed by atoms with Crippen LogP contribution in [0.15, 0.2) is 24.3 Å². The molecule has 1 atom stereocenters. The van der Waals surface area contributed by atoms with Crippen LogP contribution < -0.4 is 5.32 Å². The molecule has 1 aromatic rings. The van der Waals surface area contributed by atoms with Gasteiger partial charge in [-0.15, -0.1) is 0 Å². The van der Waals surface area contributed by atoms with E-state index in [1.807, 2.05) is 12.1 Å². The Hall–Kier alpha value is -0.610. The molecule has 0 aromatic heterocycles. The lowest BCUT2D eigenvalue weighted by Crippen LogP contribution is -2.44. The fraction of sp³-hybridized carbons (Fsp3) is 0.647. The van der Waals surface area contributed by atoms with Crippen molar-refractivity contribution in [1.82, 2.24) is 10.2 Å². The minimum atomic E-state index is 0.350. The van der Waals surface area contributed by atoms with Gasteiger partial charge in [-0.1, -0.05) is 42.6 Å². The van der Waals surface area contributed by atoms with Crippen LogP contribution >= 0.6 is 11.6 Å². The monoisotopic (exact) mass is 308 g/mol. The first-order valence-electron chi connectivity index (χ1n) is 8.14. The average molecular weight is 309 g/mol. The maximum atomic E-state index is 6.45. The molecule has 0 spiro atoms. The van der Waals surface area contributed by atoms with Gasteiger partial charge in [0.1, 0.15) is 0 Å². The molecule has 0 radical (unpaired) electrons. The van der Waals surface area contributed by atoms with Gasteiger partial charge in [-0.05, 0) is 24.5 Å². The first kappa shape index (κ1) is 15.3. The summed E-state index contributed by atoms with van der Waals surface area (Å²) in [5.41, 5.74) is 1.24. The molecule has 2 fully saturated rings. The van der Waals surface area contributed by atoms with Crippen LogP contribution in [-0.2, 0) is 4.74 Å². The van der Waals surface area contributed by atoms with Crippen LogP contribution in [0.4, 0.5) is 0 Å². The molecule has 1 aromatic carbocycles. The molecule has 21 heavy (non-hydrogen) atoms. The average Bonchev–Trinajstić information content (AvgIpc) is 3.04. The Kier molecular flexibility index (Phi) is 5.53. The maximum Gasteiger partial charge on any atom is 0.0594 e. The van der Waals surface area contributed by atoms with Crippen molar-refractivity contribution in [1.29, 1.82) is 0 Å². The van der Waals surface area contributed by atoms with E-state index in [9.17, 15) is 0 Å². The minimum Gasteiger partial charge on any atom is -0.379 e. The van der Waals surface area contributed by atoms with Crippen molar-refractivity contribution in [2.75, 3.05) is 32.8 Å². The second kappa shape index (κ2) is 7.59. The fourth-order valence-corrected chi connectivity index (χ4v) is 3.74. The summed E-state index contributed by atoms with van der Waals surface area (Å²) in [7, 11) is 0. The summed E-state index contributed by atoms with van der Waals surface area (Å²) in [6, 6.07) is 9.30. The van der Waals surface area contributed by atoms with E-state index in [1.54, 1.807) is 0 Å². The summed E-state index contributed by atoms with van der Waals surface area (Å²) in [5.74, 6) is 0. The molecule has 1 N–H and O–H groups in total. The van der Waals surface area contributed by atoms with Crippen LogP contribution in [0.3, 0.4) is 0 Å². The number of morpholine rings is 1. The van der Waals surface area contributed by atoms with Crippen LogP contribution in [0.1, 0.15) is 37.3 Å². The third-order valence-corrected chi connectivity index (χ3v) is 5.05. The molecule has 3 nitrogen and oxygen atoms in total. The lowest BCUT2D eigenvalue weighted by Gasteiger charge is -2.36. The van der Waals surface area contributed by atoms with Crippen LogP contribution in [0.5, 0.6) is 0 Å². The van der Waals surface area contributed by atoms with Crippen molar-refractivity contribution >= 4 is 11.6 Å². The quantitative estimate of drug-likeness (QED) is 0.904. The van der Waals surface area contributed by atoms with Crippen molar-refractivity contribution in [3.63, 3.8) is 0 Å². The highest BCUT2D eigenvalue weighted by atomic mass is 35.5. The summed E-state index contributed by atoms with van der Waals surface area (Å²) < 4.78 is 5.50. The first-order valence-corrected chi connectivity index (χ1v) is 8.52. The molecule has 1 saturated heterocycles. The molecule has 4 heteroatoms. The molecule has 1 heterocycles. The van der Waals surface area contributed by atoms with E-state index >= 15 is 0 Å². The van der Waals surface area contributed by atoms with E-state index in [0.717, 1.165) is 37.9 Å². The molecular weight excluding hydrogens is 284 g/mol.